The van der Waals surface area contributed by atoms with Gasteiger partial charge in [-0.1, -0.05) is 6.07 Å². The fourth-order valence-corrected chi connectivity index (χ4v) is 2.49. The first-order valence-corrected chi connectivity index (χ1v) is 6.61. The summed E-state index contributed by atoms with van der Waals surface area (Å²) >= 11 is 0. The van der Waals surface area contributed by atoms with Gasteiger partial charge < -0.3 is 15.1 Å². The molecule has 1 aromatic carbocycles. The number of benzene rings is 1. The van der Waals surface area contributed by atoms with E-state index in [0.717, 1.165) is 43.0 Å². The van der Waals surface area contributed by atoms with Crippen LogP contribution in [0.3, 0.4) is 0 Å². The van der Waals surface area contributed by atoms with Gasteiger partial charge in [-0.15, -0.1) is 0 Å². The van der Waals surface area contributed by atoms with Gasteiger partial charge in [0.25, 0.3) is 0 Å². The summed E-state index contributed by atoms with van der Waals surface area (Å²) in [7, 11) is 0. The molecule has 2 aromatic rings. The maximum Gasteiger partial charge on any atom is 0.192 e. The van der Waals surface area contributed by atoms with Gasteiger partial charge in [0, 0.05) is 19.5 Å². The third-order valence-electron chi connectivity index (χ3n) is 3.47. The number of rotatable bonds is 4. The van der Waals surface area contributed by atoms with Crippen LogP contribution < -0.4 is 10.6 Å². The van der Waals surface area contributed by atoms with Crippen LogP contribution in [-0.4, -0.2) is 30.7 Å². The molecule has 1 saturated heterocycles. The summed E-state index contributed by atoms with van der Waals surface area (Å²) in [4.78, 5) is 4.36. The van der Waals surface area contributed by atoms with Crippen molar-refractivity contribution in [2.45, 2.75) is 25.8 Å². The van der Waals surface area contributed by atoms with Crippen molar-refractivity contribution in [3.8, 4) is 0 Å². The number of hydrogen-bond donors (Lipinski definition) is 2. The second-order valence-electron chi connectivity index (χ2n) is 4.93. The Morgan fingerprint density at radius 1 is 1.50 bits per heavy atom. The standard InChI is InChI=1S/C14H19N3O/c1-10-17-13-8-11(2-3-14(13)18-10)4-7-16-12-5-6-15-9-12/h2-3,8,12,15-16H,4-7,9H2,1H3. The Morgan fingerprint density at radius 3 is 3.28 bits per heavy atom. The van der Waals surface area contributed by atoms with Crippen LogP contribution in [0.5, 0.6) is 0 Å². The van der Waals surface area contributed by atoms with E-state index < -0.39 is 0 Å². The normalized spacial score (nSPS) is 19.7. The van der Waals surface area contributed by atoms with E-state index in [1.165, 1.54) is 12.0 Å². The summed E-state index contributed by atoms with van der Waals surface area (Å²) in [5.74, 6) is 0.734. The van der Waals surface area contributed by atoms with E-state index >= 15 is 0 Å². The van der Waals surface area contributed by atoms with Crippen LogP contribution in [0.15, 0.2) is 22.6 Å². The summed E-state index contributed by atoms with van der Waals surface area (Å²) in [5.41, 5.74) is 3.16. The molecule has 1 fully saturated rings. The molecule has 4 nitrogen and oxygen atoms in total. The lowest BCUT2D eigenvalue weighted by atomic mass is 10.1. The summed E-state index contributed by atoms with van der Waals surface area (Å²) in [6, 6.07) is 6.91. The monoisotopic (exact) mass is 245 g/mol. The molecule has 0 bridgehead atoms. The topological polar surface area (TPSA) is 50.1 Å². The third-order valence-corrected chi connectivity index (χ3v) is 3.47. The molecule has 0 spiro atoms. The molecular formula is C14H19N3O. The Balaban J connectivity index is 1.59. The molecular weight excluding hydrogens is 226 g/mol. The molecule has 1 atom stereocenters. The molecule has 0 radical (unpaired) electrons. The number of fused-ring (bicyclic) bond motifs is 1. The molecule has 0 saturated carbocycles. The predicted molar refractivity (Wildman–Crippen MR) is 71.7 cm³/mol. The van der Waals surface area contributed by atoms with Crippen LogP contribution >= 0.6 is 0 Å². The minimum Gasteiger partial charge on any atom is -0.441 e. The Kier molecular flexibility index (Phi) is 3.30. The lowest BCUT2D eigenvalue weighted by Crippen LogP contribution is -2.32. The zero-order valence-corrected chi connectivity index (χ0v) is 10.7. The van der Waals surface area contributed by atoms with E-state index in [9.17, 15) is 0 Å². The van der Waals surface area contributed by atoms with Crippen LogP contribution in [0.2, 0.25) is 0 Å². The van der Waals surface area contributed by atoms with Crippen LogP contribution in [0, 0.1) is 6.92 Å². The van der Waals surface area contributed by atoms with Crippen molar-refractivity contribution in [2.75, 3.05) is 19.6 Å². The maximum atomic E-state index is 5.47. The highest BCUT2D eigenvalue weighted by molar-refractivity contribution is 5.73. The SMILES string of the molecule is Cc1nc2cc(CCNC3CCNC3)ccc2o1. The zero-order valence-electron chi connectivity index (χ0n) is 10.7. The fourth-order valence-electron chi connectivity index (χ4n) is 2.49. The first-order valence-electron chi connectivity index (χ1n) is 6.61. The van der Waals surface area contributed by atoms with Gasteiger partial charge in [-0.3, -0.25) is 0 Å². The van der Waals surface area contributed by atoms with E-state index in [4.69, 9.17) is 4.42 Å². The molecule has 1 aliphatic rings. The minimum atomic E-state index is 0.642. The van der Waals surface area contributed by atoms with Gasteiger partial charge in [-0.2, -0.15) is 0 Å². The van der Waals surface area contributed by atoms with Crippen molar-refractivity contribution in [1.82, 2.24) is 15.6 Å². The molecule has 2 heterocycles. The second-order valence-corrected chi connectivity index (χ2v) is 4.93. The average Bonchev–Trinajstić information content (AvgIpc) is 2.96. The maximum absolute atomic E-state index is 5.47. The van der Waals surface area contributed by atoms with E-state index in [2.05, 4.69) is 27.8 Å². The summed E-state index contributed by atoms with van der Waals surface area (Å²) in [6.45, 7) is 5.15. The number of hydrogen-bond acceptors (Lipinski definition) is 4. The molecule has 96 valence electrons. The van der Waals surface area contributed by atoms with Gasteiger partial charge in [0.2, 0.25) is 0 Å². The highest BCUT2D eigenvalue weighted by Crippen LogP contribution is 2.16. The summed E-state index contributed by atoms with van der Waals surface area (Å²) in [5, 5.41) is 6.94. The zero-order chi connectivity index (χ0) is 12.4. The smallest absolute Gasteiger partial charge is 0.192 e. The Labute approximate surface area is 107 Å². The van der Waals surface area contributed by atoms with Crippen LogP contribution in [0.4, 0.5) is 0 Å². The largest absolute Gasteiger partial charge is 0.441 e. The molecule has 4 heteroatoms. The lowest BCUT2D eigenvalue weighted by Gasteiger charge is -2.10. The van der Waals surface area contributed by atoms with E-state index in [0.29, 0.717) is 6.04 Å². The van der Waals surface area contributed by atoms with Gasteiger partial charge in [0.1, 0.15) is 5.52 Å². The molecule has 18 heavy (non-hydrogen) atoms. The quantitative estimate of drug-likeness (QED) is 0.859. The van der Waals surface area contributed by atoms with Crippen molar-refractivity contribution < 1.29 is 4.42 Å². The third kappa shape index (κ3) is 2.54. The summed E-state index contributed by atoms with van der Waals surface area (Å²) < 4.78 is 5.47. The van der Waals surface area contributed by atoms with Crippen LogP contribution in [-0.2, 0) is 6.42 Å². The van der Waals surface area contributed by atoms with Crippen molar-refractivity contribution in [3.05, 3.63) is 29.7 Å². The number of nitrogens with one attached hydrogen (secondary N) is 2. The van der Waals surface area contributed by atoms with Gasteiger partial charge in [-0.05, 0) is 43.6 Å². The Morgan fingerprint density at radius 2 is 2.44 bits per heavy atom. The highest BCUT2D eigenvalue weighted by atomic mass is 16.3. The molecule has 0 aliphatic carbocycles. The van der Waals surface area contributed by atoms with Crippen molar-refractivity contribution in [1.29, 1.82) is 0 Å². The highest BCUT2D eigenvalue weighted by Gasteiger charge is 2.12. The van der Waals surface area contributed by atoms with Gasteiger partial charge in [0.15, 0.2) is 11.5 Å². The number of oxazole rings is 1. The molecule has 3 rings (SSSR count). The average molecular weight is 245 g/mol. The summed E-state index contributed by atoms with van der Waals surface area (Å²) in [6.07, 6.45) is 2.28. The van der Waals surface area contributed by atoms with E-state index in [-0.39, 0.29) is 0 Å². The lowest BCUT2D eigenvalue weighted by molar-refractivity contribution is 0.550. The van der Waals surface area contributed by atoms with Gasteiger partial charge in [0.05, 0.1) is 0 Å². The first-order chi connectivity index (χ1) is 8.81. The predicted octanol–water partition coefficient (Wildman–Crippen LogP) is 1.63. The number of aromatic nitrogens is 1. The van der Waals surface area contributed by atoms with Crippen LogP contribution in [0.25, 0.3) is 11.1 Å². The van der Waals surface area contributed by atoms with Gasteiger partial charge in [-0.25, -0.2) is 4.98 Å². The number of aryl methyl sites for hydroxylation is 1. The first kappa shape index (κ1) is 11.7. The second kappa shape index (κ2) is 5.08. The van der Waals surface area contributed by atoms with Gasteiger partial charge >= 0.3 is 0 Å². The van der Waals surface area contributed by atoms with Crippen molar-refractivity contribution in [3.63, 3.8) is 0 Å². The fraction of sp³-hybridized carbons (Fsp3) is 0.500. The van der Waals surface area contributed by atoms with Crippen molar-refractivity contribution >= 4 is 11.1 Å². The van der Waals surface area contributed by atoms with E-state index in [1.54, 1.807) is 0 Å². The Hall–Kier alpha value is -1.39. The van der Waals surface area contributed by atoms with Crippen LogP contribution in [0.1, 0.15) is 17.9 Å². The Bertz CT molecular complexity index is 529. The molecule has 1 aromatic heterocycles. The van der Waals surface area contributed by atoms with Crippen molar-refractivity contribution in [2.24, 2.45) is 0 Å². The molecule has 1 unspecified atom stereocenters. The molecule has 2 N–H and O–H groups in total. The minimum absolute atomic E-state index is 0.642. The molecule has 0 amide bonds. The number of nitrogens with zero attached hydrogens (tertiary/aromatic N) is 1. The molecule has 1 aliphatic heterocycles. The van der Waals surface area contributed by atoms with E-state index in [1.807, 2.05) is 13.0 Å².